The Balaban J connectivity index is 2.73. The number of hydrogen-bond acceptors (Lipinski definition) is 1. The lowest BCUT2D eigenvalue weighted by Gasteiger charge is -2.13. The smallest absolute Gasteiger partial charge is 0.212 e. The van der Waals surface area contributed by atoms with Gasteiger partial charge in [0.15, 0.2) is 17.5 Å². The van der Waals surface area contributed by atoms with Gasteiger partial charge in [-0.3, -0.25) is 0 Å². The number of nitrogens with zero attached hydrogens (tertiary/aromatic N) is 1. The Hall–Kier alpha value is -1.57. The van der Waals surface area contributed by atoms with Gasteiger partial charge in [-0.2, -0.15) is 4.57 Å². The highest BCUT2D eigenvalue weighted by Gasteiger charge is 2.22. The Morgan fingerprint density at radius 3 is 2.40 bits per heavy atom. The van der Waals surface area contributed by atoms with E-state index in [1.54, 1.807) is 6.20 Å². The topological polar surface area (TPSA) is 24.1 Å². The van der Waals surface area contributed by atoms with E-state index in [0.717, 1.165) is 10.8 Å². The molecule has 0 amide bonds. The van der Waals surface area contributed by atoms with Crippen LogP contribution in [0, 0.1) is 0 Å². The minimum atomic E-state index is -0.0124. The van der Waals surface area contributed by atoms with Crippen molar-refractivity contribution in [1.82, 2.24) is 0 Å². The van der Waals surface area contributed by atoms with Crippen molar-refractivity contribution in [2.24, 2.45) is 0 Å². The van der Waals surface area contributed by atoms with Gasteiger partial charge in [-0.15, -0.1) is 0 Å². The summed E-state index contributed by atoms with van der Waals surface area (Å²) in [6, 6.07) is 7.85. The molecule has 15 heavy (non-hydrogen) atoms. The van der Waals surface area contributed by atoms with Gasteiger partial charge in [-0.25, -0.2) is 0 Å². The Labute approximate surface area is 89.8 Å². The lowest BCUT2D eigenvalue weighted by atomic mass is 10.1. The Morgan fingerprint density at radius 1 is 1.07 bits per heavy atom. The number of aromatic nitrogens is 1. The van der Waals surface area contributed by atoms with E-state index in [-0.39, 0.29) is 5.54 Å². The molecule has 1 aromatic carbocycles. The fraction of sp³-hybridized carbons (Fsp3) is 0.308. The Kier molecular flexibility index (Phi) is 2.14. The van der Waals surface area contributed by atoms with Gasteiger partial charge >= 0.3 is 0 Å². The Bertz CT molecular complexity index is 497. The molecular formula is C13H16NO+. The van der Waals surface area contributed by atoms with E-state index in [2.05, 4.69) is 27.0 Å². The first-order valence-electron chi connectivity index (χ1n) is 5.12. The molecule has 0 bridgehead atoms. The van der Waals surface area contributed by atoms with Crippen LogP contribution in [0.4, 0.5) is 0 Å². The molecule has 2 heteroatoms. The summed E-state index contributed by atoms with van der Waals surface area (Å²) < 4.78 is 2.03. The molecule has 0 saturated heterocycles. The molecular weight excluding hydrogens is 186 g/mol. The van der Waals surface area contributed by atoms with Crippen LogP contribution in [0.1, 0.15) is 20.8 Å². The maximum absolute atomic E-state index is 9.89. The summed E-state index contributed by atoms with van der Waals surface area (Å²) in [5, 5.41) is 11.9. The lowest BCUT2D eigenvalue weighted by Crippen LogP contribution is -2.49. The van der Waals surface area contributed by atoms with Crippen molar-refractivity contribution in [1.29, 1.82) is 0 Å². The van der Waals surface area contributed by atoms with Gasteiger partial charge < -0.3 is 5.11 Å². The van der Waals surface area contributed by atoms with Crippen molar-refractivity contribution in [2.75, 3.05) is 0 Å². The highest BCUT2D eigenvalue weighted by atomic mass is 16.3. The maximum atomic E-state index is 9.89. The van der Waals surface area contributed by atoms with E-state index in [1.165, 1.54) is 0 Å². The average molecular weight is 202 g/mol. The first-order chi connectivity index (χ1) is 6.98. The van der Waals surface area contributed by atoms with Crippen LogP contribution in [0.5, 0.6) is 5.75 Å². The fourth-order valence-corrected chi connectivity index (χ4v) is 1.62. The van der Waals surface area contributed by atoms with Crippen LogP contribution in [-0.4, -0.2) is 5.11 Å². The van der Waals surface area contributed by atoms with Crippen molar-refractivity contribution in [3.8, 4) is 5.75 Å². The van der Waals surface area contributed by atoms with Crippen LogP contribution in [-0.2, 0) is 5.54 Å². The second-order valence-electron chi connectivity index (χ2n) is 4.81. The third-order valence-corrected chi connectivity index (χ3v) is 2.55. The largest absolute Gasteiger partial charge is 0.502 e. The molecule has 78 valence electrons. The number of aromatic hydroxyl groups is 1. The molecule has 0 radical (unpaired) electrons. The SMILES string of the molecule is CC(C)(C)[n+]1cc(O)c2ccccc2c1. The van der Waals surface area contributed by atoms with Crippen LogP contribution >= 0.6 is 0 Å². The van der Waals surface area contributed by atoms with E-state index >= 15 is 0 Å². The maximum Gasteiger partial charge on any atom is 0.212 e. The van der Waals surface area contributed by atoms with Gasteiger partial charge in [0.05, 0.1) is 0 Å². The highest BCUT2D eigenvalue weighted by molar-refractivity contribution is 5.85. The Morgan fingerprint density at radius 2 is 1.73 bits per heavy atom. The molecule has 1 aromatic heterocycles. The molecule has 2 rings (SSSR count). The minimum Gasteiger partial charge on any atom is -0.502 e. The molecule has 1 N–H and O–H groups in total. The third kappa shape index (κ3) is 1.80. The second kappa shape index (κ2) is 3.23. The average Bonchev–Trinajstić information content (AvgIpc) is 2.16. The molecule has 0 fully saturated rings. The van der Waals surface area contributed by atoms with E-state index in [9.17, 15) is 5.11 Å². The van der Waals surface area contributed by atoms with Crippen molar-refractivity contribution < 1.29 is 9.67 Å². The predicted molar refractivity (Wildman–Crippen MR) is 60.8 cm³/mol. The predicted octanol–water partition coefficient (Wildman–Crippen LogP) is 2.59. The number of rotatable bonds is 0. The highest BCUT2D eigenvalue weighted by Crippen LogP contribution is 2.22. The molecule has 0 aliphatic carbocycles. The quantitative estimate of drug-likeness (QED) is 0.652. The van der Waals surface area contributed by atoms with Crippen molar-refractivity contribution in [3.05, 3.63) is 36.7 Å². The molecule has 0 aliphatic heterocycles. The van der Waals surface area contributed by atoms with Gasteiger partial charge in [-0.05, 0) is 6.07 Å². The lowest BCUT2D eigenvalue weighted by molar-refractivity contribution is -0.753. The van der Waals surface area contributed by atoms with Crippen molar-refractivity contribution >= 4 is 10.8 Å². The van der Waals surface area contributed by atoms with E-state index in [0.29, 0.717) is 5.75 Å². The zero-order chi connectivity index (χ0) is 11.1. The van der Waals surface area contributed by atoms with E-state index in [1.807, 2.05) is 28.8 Å². The standard InChI is InChI=1S/C13H15NO/c1-13(2,3)14-8-10-6-4-5-7-11(10)12(15)9-14/h4-9H,1-3H3/p+1. The van der Waals surface area contributed by atoms with Crippen LogP contribution in [0.15, 0.2) is 36.7 Å². The normalized spacial score (nSPS) is 11.9. The van der Waals surface area contributed by atoms with E-state index < -0.39 is 0 Å². The minimum absolute atomic E-state index is 0.0124. The second-order valence-corrected chi connectivity index (χ2v) is 4.81. The van der Waals surface area contributed by atoms with Gasteiger partial charge in [-0.1, -0.05) is 18.2 Å². The van der Waals surface area contributed by atoms with Gasteiger partial charge in [0.25, 0.3) is 0 Å². The monoisotopic (exact) mass is 202 g/mol. The fourth-order valence-electron chi connectivity index (χ4n) is 1.62. The van der Waals surface area contributed by atoms with Gasteiger partial charge in [0.2, 0.25) is 6.20 Å². The van der Waals surface area contributed by atoms with E-state index in [4.69, 9.17) is 0 Å². The third-order valence-electron chi connectivity index (χ3n) is 2.55. The first-order valence-corrected chi connectivity index (χ1v) is 5.12. The van der Waals surface area contributed by atoms with Gasteiger partial charge in [0.1, 0.15) is 0 Å². The summed E-state index contributed by atoms with van der Waals surface area (Å²) in [4.78, 5) is 0. The zero-order valence-corrected chi connectivity index (χ0v) is 9.36. The van der Waals surface area contributed by atoms with Crippen molar-refractivity contribution in [3.63, 3.8) is 0 Å². The van der Waals surface area contributed by atoms with Gasteiger partial charge in [0, 0.05) is 31.5 Å². The molecule has 2 aromatic rings. The molecule has 1 heterocycles. The molecule has 0 saturated carbocycles. The van der Waals surface area contributed by atoms with Crippen LogP contribution < -0.4 is 4.57 Å². The summed E-state index contributed by atoms with van der Waals surface area (Å²) in [5.41, 5.74) is -0.0124. The summed E-state index contributed by atoms with van der Waals surface area (Å²) in [6.07, 6.45) is 3.84. The van der Waals surface area contributed by atoms with Crippen LogP contribution in [0.3, 0.4) is 0 Å². The molecule has 0 unspecified atom stereocenters. The zero-order valence-electron chi connectivity index (χ0n) is 9.36. The number of pyridine rings is 1. The molecule has 2 nitrogen and oxygen atoms in total. The summed E-state index contributed by atoms with van der Waals surface area (Å²) in [6.45, 7) is 6.34. The first kappa shape index (κ1) is 9.97. The van der Waals surface area contributed by atoms with Crippen LogP contribution in [0.2, 0.25) is 0 Å². The molecule has 0 spiro atoms. The molecule has 0 aliphatic rings. The molecule has 0 atom stereocenters. The summed E-state index contributed by atoms with van der Waals surface area (Å²) in [5.74, 6) is 0.336. The number of hydrogen-bond donors (Lipinski definition) is 1. The van der Waals surface area contributed by atoms with Crippen molar-refractivity contribution in [2.45, 2.75) is 26.3 Å². The summed E-state index contributed by atoms with van der Waals surface area (Å²) in [7, 11) is 0. The number of fused-ring (bicyclic) bond motifs is 1. The number of benzene rings is 1. The van der Waals surface area contributed by atoms with Crippen LogP contribution in [0.25, 0.3) is 10.8 Å². The summed E-state index contributed by atoms with van der Waals surface area (Å²) >= 11 is 0.